The maximum Gasteiger partial charge on any atom is 0.216 e. The summed E-state index contributed by atoms with van der Waals surface area (Å²) in [5.41, 5.74) is 4.53. The van der Waals surface area contributed by atoms with Gasteiger partial charge in [0.2, 0.25) is 5.69 Å². The summed E-state index contributed by atoms with van der Waals surface area (Å²) in [5.74, 6) is 0. The molecule has 0 aliphatic heterocycles. The smallest absolute Gasteiger partial charge is 0.216 e. The average Bonchev–Trinajstić information content (AvgIpc) is 3.09. The fraction of sp³-hybridized carbons (Fsp3) is 0.217. The molecule has 0 radical (unpaired) electrons. The largest absolute Gasteiger partial charge is 0.456 e. The summed E-state index contributed by atoms with van der Waals surface area (Å²) in [6, 6.07) is 7.22. The van der Waals surface area contributed by atoms with E-state index in [1.165, 1.54) is 6.07 Å². The molecule has 0 amide bonds. The number of pyridine rings is 1. The van der Waals surface area contributed by atoms with Crippen molar-refractivity contribution in [3.63, 3.8) is 0 Å². The van der Waals surface area contributed by atoms with Crippen molar-refractivity contribution >= 4 is 27.6 Å². The topological polar surface area (TPSA) is 21.4 Å². The lowest BCUT2D eigenvalue weighted by atomic mass is 9.98. The Morgan fingerprint density at radius 3 is 2.69 bits per heavy atom. The van der Waals surface area contributed by atoms with Gasteiger partial charge in [-0.1, -0.05) is 18.2 Å². The molecule has 3 nitrogen and oxygen atoms in total. The zero-order valence-electron chi connectivity index (χ0n) is 20.1. The number of fused-ring (bicyclic) bond motifs is 3. The van der Waals surface area contributed by atoms with Crippen molar-refractivity contribution in [3.8, 4) is 11.3 Å². The average molecular weight is 346 g/mol. The molecular formula is C23H21N2O+. The molecule has 26 heavy (non-hydrogen) atoms. The van der Waals surface area contributed by atoms with E-state index in [1.807, 2.05) is 37.6 Å². The van der Waals surface area contributed by atoms with E-state index in [2.05, 4.69) is 4.85 Å². The number of benzene rings is 2. The van der Waals surface area contributed by atoms with Gasteiger partial charge >= 0.3 is 0 Å². The highest BCUT2D eigenvalue weighted by Crippen LogP contribution is 2.39. The third-order valence-electron chi connectivity index (χ3n) is 4.81. The predicted octanol–water partition coefficient (Wildman–Crippen LogP) is 5.86. The molecule has 2 aromatic heterocycles. The molecule has 0 N–H and O–H groups in total. The summed E-state index contributed by atoms with van der Waals surface area (Å²) < 4.78 is 48.9. The molecule has 3 heteroatoms. The van der Waals surface area contributed by atoms with E-state index >= 15 is 0 Å². The number of nitrogens with zero attached hydrogens (tertiary/aromatic N) is 2. The number of aryl methyl sites for hydroxylation is 2. The van der Waals surface area contributed by atoms with Crippen LogP contribution in [-0.4, -0.2) is 0 Å². The molecule has 0 saturated heterocycles. The van der Waals surface area contributed by atoms with E-state index in [1.54, 1.807) is 13.0 Å². The molecule has 0 spiro atoms. The summed E-state index contributed by atoms with van der Waals surface area (Å²) in [5, 5.41) is 1.09. The molecule has 2 heterocycles. The van der Waals surface area contributed by atoms with Crippen molar-refractivity contribution in [3.05, 3.63) is 70.2 Å². The van der Waals surface area contributed by atoms with E-state index in [-0.39, 0.29) is 17.3 Å². The summed E-state index contributed by atoms with van der Waals surface area (Å²) in [6.45, 7) is 10.4. The zero-order valence-corrected chi connectivity index (χ0v) is 15.1. The highest BCUT2D eigenvalue weighted by molar-refractivity contribution is 6.11. The first-order valence-corrected chi connectivity index (χ1v) is 8.32. The first-order chi connectivity index (χ1) is 14.5. The van der Waals surface area contributed by atoms with Crippen LogP contribution < -0.4 is 4.57 Å². The van der Waals surface area contributed by atoms with Crippen LogP contribution in [0.4, 0.5) is 5.69 Å². The van der Waals surface area contributed by atoms with Crippen molar-refractivity contribution in [2.75, 3.05) is 0 Å². The Balaban J connectivity index is 2.23. The van der Waals surface area contributed by atoms with Gasteiger partial charge in [0.15, 0.2) is 11.4 Å². The SMILES string of the molecule is [2H]c1c(C)c([2H])c(-c2c(C)ccc3c2oc2cc([N+]#[C-])cc(C([2H])([2H])[2H])c23)[n+](C)c1C. The van der Waals surface area contributed by atoms with Crippen LogP contribution >= 0.6 is 0 Å². The maximum absolute atomic E-state index is 8.71. The van der Waals surface area contributed by atoms with Gasteiger partial charge in [0.25, 0.3) is 0 Å². The highest BCUT2D eigenvalue weighted by Gasteiger charge is 2.22. The van der Waals surface area contributed by atoms with Crippen molar-refractivity contribution < 1.29 is 15.8 Å². The lowest BCUT2D eigenvalue weighted by Gasteiger charge is -2.08. The monoisotopic (exact) mass is 346 g/mol. The van der Waals surface area contributed by atoms with Crippen molar-refractivity contribution in [1.29, 1.82) is 0 Å². The van der Waals surface area contributed by atoms with Crippen LogP contribution in [0.2, 0.25) is 0 Å². The second-order valence-electron chi connectivity index (χ2n) is 6.58. The van der Waals surface area contributed by atoms with Gasteiger partial charge in [-0.2, -0.15) is 4.57 Å². The van der Waals surface area contributed by atoms with Crippen molar-refractivity contribution in [2.24, 2.45) is 7.05 Å². The first-order valence-electron chi connectivity index (χ1n) is 10.8. The number of hydrogen-bond acceptors (Lipinski definition) is 1. The number of aromatic nitrogens is 1. The maximum atomic E-state index is 8.71. The molecule has 4 rings (SSSR count). The molecule has 0 saturated carbocycles. The number of rotatable bonds is 1. The van der Waals surface area contributed by atoms with E-state index in [4.69, 9.17) is 17.8 Å². The number of furan rings is 1. The van der Waals surface area contributed by atoms with Gasteiger partial charge in [0, 0.05) is 33.9 Å². The summed E-state index contributed by atoms with van der Waals surface area (Å²) in [6.07, 6.45) is 0. The van der Waals surface area contributed by atoms with Crippen LogP contribution in [0.15, 0.2) is 40.8 Å². The van der Waals surface area contributed by atoms with Gasteiger partial charge in [-0.05, 0) is 43.5 Å². The van der Waals surface area contributed by atoms with Gasteiger partial charge in [0.1, 0.15) is 18.2 Å². The molecule has 0 unspecified atom stereocenters. The van der Waals surface area contributed by atoms with E-state index in [0.29, 0.717) is 44.8 Å². The van der Waals surface area contributed by atoms with Crippen LogP contribution in [0.25, 0.3) is 38.0 Å². The fourth-order valence-corrected chi connectivity index (χ4v) is 3.46. The summed E-state index contributed by atoms with van der Waals surface area (Å²) in [7, 11) is 1.81. The third-order valence-corrected chi connectivity index (χ3v) is 4.81. The molecule has 0 aliphatic carbocycles. The normalized spacial score (nSPS) is 14.5. The minimum Gasteiger partial charge on any atom is -0.456 e. The minimum absolute atomic E-state index is 0.0777. The molecule has 0 fully saturated rings. The molecular weight excluding hydrogens is 320 g/mol. The van der Waals surface area contributed by atoms with E-state index in [9.17, 15) is 0 Å². The lowest BCUT2D eigenvalue weighted by Crippen LogP contribution is -2.35. The Bertz CT molecular complexity index is 1410. The molecule has 4 aromatic rings. The molecule has 0 aliphatic rings. The molecule has 128 valence electrons. The van der Waals surface area contributed by atoms with Gasteiger partial charge < -0.3 is 4.42 Å². The molecule has 0 bridgehead atoms. The Hall–Kier alpha value is -3.12. The van der Waals surface area contributed by atoms with Crippen LogP contribution in [0.1, 0.15) is 29.2 Å². The minimum atomic E-state index is -2.41. The van der Waals surface area contributed by atoms with Gasteiger partial charge in [-0.15, -0.1) is 0 Å². The molecule has 2 aromatic carbocycles. The highest BCUT2D eigenvalue weighted by atomic mass is 16.3. The van der Waals surface area contributed by atoms with Gasteiger partial charge in [0.05, 0.1) is 14.9 Å². The van der Waals surface area contributed by atoms with E-state index in [0.717, 1.165) is 11.3 Å². The Morgan fingerprint density at radius 1 is 1.15 bits per heavy atom. The number of hydrogen-bond donors (Lipinski definition) is 0. The third kappa shape index (κ3) is 2.30. The van der Waals surface area contributed by atoms with Crippen molar-refractivity contribution in [1.82, 2.24) is 0 Å². The Morgan fingerprint density at radius 2 is 1.96 bits per heavy atom. The second-order valence-corrected chi connectivity index (χ2v) is 6.58. The predicted molar refractivity (Wildman–Crippen MR) is 106 cm³/mol. The van der Waals surface area contributed by atoms with Gasteiger partial charge in [-0.25, -0.2) is 4.85 Å². The zero-order chi connectivity index (χ0) is 22.8. The Labute approximate surface area is 160 Å². The summed E-state index contributed by atoms with van der Waals surface area (Å²) in [4.78, 5) is 3.41. The standard InChI is InChI=1S/C23H21N2O/c1-13-9-16(4)25(6)19(10-13)22-14(2)7-8-18-21-15(3)11-17(24-5)12-20(21)26-23(18)22/h7-12H,1-4,6H3/q+1/i3D3,9D,10D. The quantitative estimate of drug-likeness (QED) is 0.312. The van der Waals surface area contributed by atoms with Gasteiger partial charge in [-0.3, -0.25) is 0 Å². The fourth-order valence-electron chi connectivity index (χ4n) is 3.46. The van der Waals surface area contributed by atoms with Crippen LogP contribution in [-0.2, 0) is 7.05 Å². The van der Waals surface area contributed by atoms with Crippen LogP contribution in [0, 0.1) is 34.2 Å². The van der Waals surface area contributed by atoms with Crippen LogP contribution in [0.3, 0.4) is 0 Å². The van der Waals surface area contributed by atoms with Crippen molar-refractivity contribution in [2.45, 2.75) is 27.6 Å². The first kappa shape index (κ1) is 11.5. The lowest BCUT2D eigenvalue weighted by molar-refractivity contribution is -0.666. The van der Waals surface area contributed by atoms with Crippen LogP contribution in [0.5, 0.6) is 0 Å². The molecule has 0 atom stereocenters. The summed E-state index contributed by atoms with van der Waals surface area (Å²) >= 11 is 0. The van der Waals surface area contributed by atoms with E-state index < -0.39 is 6.85 Å². The Kier molecular flexibility index (Phi) is 2.52. The second kappa shape index (κ2) is 5.71.